The molecule has 5 heteroatoms. The van der Waals surface area contributed by atoms with Crippen molar-refractivity contribution in [1.29, 1.82) is 0 Å². The number of primary amides is 1. The van der Waals surface area contributed by atoms with Gasteiger partial charge in [-0.3, -0.25) is 4.79 Å². The zero-order valence-electron chi connectivity index (χ0n) is 12.4. The summed E-state index contributed by atoms with van der Waals surface area (Å²) in [5, 5.41) is 12.9. The Morgan fingerprint density at radius 2 is 2.05 bits per heavy atom. The third-order valence-corrected chi connectivity index (χ3v) is 4.53. The first-order valence-corrected chi connectivity index (χ1v) is 7.42. The highest BCUT2D eigenvalue weighted by molar-refractivity contribution is 5.94. The summed E-state index contributed by atoms with van der Waals surface area (Å²) in [7, 11) is 0. The maximum absolute atomic E-state index is 13.8. The zero-order valence-corrected chi connectivity index (χ0v) is 12.4. The molecule has 1 fully saturated rings. The second-order valence-corrected chi connectivity index (χ2v) is 6.07. The molecule has 1 aromatic rings. The van der Waals surface area contributed by atoms with Gasteiger partial charge in [0.1, 0.15) is 5.82 Å². The molecule has 0 heterocycles. The summed E-state index contributed by atoms with van der Waals surface area (Å²) >= 11 is 0. The number of aliphatic hydroxyl groups is 1. The standard InChI is InChI=1S/C16H23FN2O2/c1-11-13(17)7-12(15(18)21)8-14(11)19-9-16(10-20)5-3-2-4-6-16/h7-8,19-20H,2-6,9-10H2,1H3,(H2,18,21). The van der Waals surface area contributed by atoms with Crippen molar-refractivity contribution in [3.05, 3.63) is 29.1 Å². The highest BCUT2D eigenvalue weighted by Gasteiger charge is 2.31. The molecule has 1 amide bonds. The smallest absolute Gasteiger partial charge is 0.248 e. The fourth-order valence-corrected chi connectivity index (χ4v) is 2.98. The summed E-state index contributed by atoms with van der Waals surface area (Å²) in [6.45, 7) is 2.36. The molecule has 0 radical (unpaired) electrons. The van der Waals surface area contributed by atoms with Gasteiger partial charge in [0.05, 0.1) is 6.61 Å². The quantitative estimate of drug-likeness (QED) is 0.781. The first kappa shape index (κ1) is 15.8. The van der Waals surface area contributed by atoms with Gasteiger partial charge in [-0.05, 0) is 31.9 Å². The summed E-state index contributed by atoms with van der Waals surface area (Å²) in [5.74, 6) is -1.10. The first-order chi connectivity index (χ1) is 9.97. The molecule has 0 spiro atoms. The Bertz CT molecular complexity index is 525. The molecule has 4 N–H and O–H groups in total. The number of anilines is 1. The van der Waals surface area contributed by atoms with Crippen molar-refractivity contribution in [2.24, 2.45) is 11.1 Å². The summed E-state index contributed by atoms with van der Waals surface area (Å²) in [4.78, 5) is 11.2. The van der Waals surface area contributed by atoms with Gasteiger partial charge in [0, 0.05) is 28.8 Å². The van der Waals surface area contributed by atoms with E-state index >= 15 is 0 Å². The lowest BCUT2D eigenvalue weighted by Gasteiger charge is -2.36. The average Bonchev–Trinajstić information content (AvgIpc) is 2.49. The lowest BCUT2D eigenvalue weighted by molar-refractivity contribution is 0.0943. The van der Waals surface area contributed by atoms with E-state index in [1.54, 1.807) is 13.0 Å². The van der Waals surface area contributed by atoms with Crippen LogP contribution in [0.25, 0.3) is 0 Å². The number of amides is 1. The van der Waals surface area contributed by atoms with Crippen LogP contribution in [0.2, 0.25) is 0 Å². The predicted octanol–water partition coefficient (Wildman–Crippen LogP) is 2.59. The van der Waals surface area contributed by atoms with Gasteiger partial charge >= 0.3 is 0 Å². The minimum atomic E-state index is -0.647. The molecule has 0 unspecified atom stereocenters. The van der Waals surface area contributed by atoms with Crippen LogP contribution in [-0.4, -0.2) is 24.2 Å². The maximum Gasteiger partial charge on any atom is 0.248 e. The molecule has 2 rings (SSSR count). The Kier molecular flexibility index (Phi) is 4.83. The van der Waals surface area contributed by atoms with Crippen molar-refractivity contribution in [2.75, 3.05) is 18.5 Å². The lowest BCUT2D eigenvalue weighted by Crippen LogP contribution is -2.35. The summed E-state index contributed by atoms with van der Waals surface area (Å²) < 4.78 is 13.8. The van der Waals surface area contributed by atoms with Crippen molar-refractivity contribution in [3.63, 3.8) is 0 Å². The minimum Gasteiger partial charge on any atom is -0.396 e. The molecule has 1 aromatic carbocycles. The highest BCUT2D eigenvalue weighted by atomic mass is 19.1. The van der Waals surface area contributed by atoms with E-state index in [4.69, 9.17) is 5.73 Å². The van der Waals surface area contributed by atoms with Gasteiger partial charge in [0.15, 0.2) is 0 Å². The number of carbonyl (C=O) groups is 1. The van der Waals surface area contributed by atoms with Crippen LogP contribution in [0.5, 0.6) is 0 Å². The molecule has 21 heavy (non-hydrogen) atoms. The van der Waals surface area contributed by atoms with Gasteiger partial charge in [-0.25, -0.2) is 4.39 Å². The van der Waals surface area contributed by atoms with Gasteiger partial charge in [-0.2, -0.15) is 0 Å². The molecule has 0 aromatic heterocycles. The third-order valence-electron chi connectivity index (χ3n) is 4.53. The number of nitrogens with two attached hydrogens (primary N) is 1. The SMILES string of the molecule is Cc1c(F)cc(C(N)=O)cc1NCC1(CO)CCCCC1. The van der Waals surface area contributed by atoms with Crippen LogP contribution >= 0.6 is 0 Å². The van der Waals surface area contributed by atoms with Gasteiger partial charge in [-0.15, -0.1) is 0 Å². The molecular weight excluding hydrogens is 271 g/mol. The van der Waals surface area contributed by atoms with E-state index < -0.39 is 11.7 Å². The Labute approximate surface area is 124 Å². The molecule has 1 aliphatic rings. The number of rotatable bonds is 5. The van der Waals surface area contributed by atoms with E-state index in [-0.39, 0.29) is 17.6 Å². The van der Waals surface area contributed by atoms with Crippen LogP contribution in [0.15, 0.2) is 12.1 Å². The Morgan fingerprint density at radius 1 is 1.38 bits per heavy atom. The molecular formula is C16H23FN2O2. The van der Waals surface area contributed by atoms with Crippen LogP contribution in [0.3, 0.4) is 0 Å². The van der Waals surface area contributed by atoms with Crippen molar-refractivity contribution in [2.45, 2.75) is 39.0 Å². The van der Waals surface area contributed by atoms with Gasteiger partial charge in [0.25, 0.3) is 0 Å². The van der Waals surface area contributed by atoms with Crippen LogP contribution in [0.4, 0.5) is 10.1 Å². The van der Waals surface area contributed by atoms with Crippen molar-refractivity contribution < 1.29 is 14.3 Å². The number of halogens is 1. The van der Waals surface area contributed by atoms with Gasteiger partial charge in [-0.1, -0.05) is 19.3 Å². The van der Waals surface area contributed by atoms with Crippen LogP contribution in [0.1, 0.15) is 48.0 Å². The third kappa shape index (κ3) is 3.53. The van der Waals surface area contributed by atoms with Crippen molar-refractivity contribution in [3.8, 4) is 0 Å². The number of aliphatic hydroxyl groups excluding tert-OH is 1. The number of nitrogens with one attached hydrogen (secondary N) is 1. The molecule has 4 nitrogen and oxygen atoms in total. The summed E-state index contributed by atoms with van der Waals surface area (Å²) in [6.07, 6.45) is 5.35. The predicted molar refractivity (Wildman–Crippen MR) is 80.7 cm³/mol. The molecule has 1 saturated carbocycles. The van der Waals surface area contributed by atoms with E-state index in [1.165, 1.54) is 6.42 Å². The van der Waals surface area contributed by atoms with Gasteiger partial charge < -0.3 is 16.2 Å². The number of carbonyl (C=O) groups excluding carboxylic acids is 1. The van der Waals surface area contributed by atoms with Crippen LogP contribution in [0, 0.1) is 18.2 Å². The minimum absolute atomic E-state index is 0.122. The fourth-order valence-electron chi connectivity index (χ4n) is 2.98. The van der Waals surface area contributed by atoms with E-state index in [0.29, 0.717) is 17.8 Å². The van der Waals surface area contributed by atoms with E-state index in [1.807, 2.05) is 0 Å². The molecule has 0 saturated heterocycles. The monoisotopic (exact) mass is 294 g/mol. The largest absolute Gasteiger partial charge is 0.396 e. The van der Waals surface area contributed by atoms with Crippen LogP contribution < -0.4 is 11.1 Å². The van der Waals surface area contributed by atoms with Crippen molar-refractivity contribution >= 4 is 11.6 Å². The van der Waals surface area contributed by atoms with E-state index in [0.717, 1.165) is 31.7 Å². The molecule has 0 atom stereocenters. The van der Waals surface area contributed by atoms with Gasteiger partial charge in [0.2, 0.25) is 5.91 Å². The lowest BCUT2D eigenvalue weighted by atomic mass is 9.74. The normalized spacial score (nSPS) is 17.5. The fraction of sp³-hybridized carbons (Fsp3) is 0.562. The average molecular weight is 294 g/mol. The maximum atomic E-state index is 13.8. The Hall–Kier alpha value is -1.62. The van der Waals surface area contributed by atoms with Crippen LogP contribution in [-0.2, 0) is 0 Å². The number of hydrogen-bond donors (Lipinski definition) is 3. The zero-order chi connectivity index (χ0) is 15.5. The number of benzene rings is 1. The number of hydrogen-bond acceptors (Lipinski definition) is 3. The summed E-state index contributed by atoms with van der Waals surface area (Å²) in [5.41, 5.74) is 6.26. The topological polar surface area (TPSA) is 75.4 Å². The highest BCUT2D eigenvalue weighted by Crippen LogP contribution is 2.36. The molecule has 116 valence electrons. The Morgan fingerprint density at radius 3 is 2.62 bits per heavy atom. The molecule has 0 bridgehead atoms. The van der Waals surface area contributed by atoms with E-state index in [9.17, 15) is 14.3 Å². The second-order valence-electron chi connectivity index (χ2n) is 6.07. The molecule has 1 aliphatic carbocycles. The summed E-state index contributed by atoms with van der Waals surface area (Å²) in [6, 6.07) is 2.74. The van der Waals surface area contributed by atoms with Crippen molar-refractivity contribution in [1.82, 2.24) is 0 Å². The second kappa shape index (κ2) is 6.43. The van der Waals surface area contributed by atoms with E-state index in [2.05, 4.69) is 5.32 Å². The first-order valence-electron chi connectivity index (χ1n) is 7.42. The molecule has 0 aliphatic heterocycles. The Balaban J connectivity index is 2.17.